The van der Waals surface area contributed by atoms with Gasteiger partial charge in [0.2, 0.25) is 0 Å². The molecule has 0 fully saturated rings. The SMILES string of the molecule is COC(=O)NS(=O)(=O)c1cc(CC(C)C)sc1-c1ccc(Cn2ccnc2C(C)(C)C)cc1. The maximum Gasteiger partial charge on any atom is 0.420 e. The molecule has 1 amide bonds. The molecule has 3 aromatic rings. The number of hydrogen-bond acceptors (Lipinski definition) is 6. The minimum Gasteiger partial charge on any atom is -0.452 e. The average Bonchev–Trinajstić information content (AvgIpc) is 3.35. The second-order valence-electron chi connectivity index (χ2n) is 9.43. The molecule has 0 radical (unpaired) electrons. The highest BCUT2D eigenvalue weighted by Gasteiger charge is 2.26. The van der Waals surface area contributed by atoms with Crippen LogP contribution in [0.3, 0.4) is 0 Å². The lowest BCUT2D eigenvalue weighted by molar-refractivity contribution is 0.177. The van der Waals surface area contributed by atoms with Gasteiger partial charge in [0.25, 0.3) is 10.0 Å². The number of carbonyl (C=O) groups excluding carboxylic acids is 1. The summed E-state index contributed by atoms with van der Waals surface area (Å²) >= 11 is 1.43. The summed E-state index contributed by atoms with van der Waals surface area (Å²) < 4.78 is 34.4. The van der Waals surface area contributed by atoms with Gasteiger partial charge < -0.3 is 9.30 Å². The van der Waals surface area contributed by atoms with E-state index in [0.717, 1.165) is 35.4 Å². The Labute approximate surface area is 199 Å². The largest absolute Gasteiger partial charge is 0.452 e. The van der Waals surface area contributed by atoms with Crippen molar-refractivity contribution >= 4 is 27.5 Å². The van der Waals surface area contributed by atoms with Crippen molar-refractivity contribution in [1.82, 2.24) is 14.3 Å². The van der Waals surface area contributed by atoms with Gasteiger partial charge in [-0.15, -0.1) is 11.3 Å². The summed E-state index contributed by atoms with van der Waals surface area (Å²) in [5.74, 6) is 1.38. The summed E-state index contributed by atoms with van der Waals surface area (Å²) in [6, 6.07) is 9.48. The summed E-state index contributed by atoms with van der Waals surface area (Å²) in [5, 5.41) is 0. The molecule has 7 nitrogen and oxygen atoms in total. The maximum atomic E-state index is 12.9. The lowest BCUT2D eigenvalue weighted by Crippen LogP contribution is -2.30. The average molecular weight is 490 g/mol. The van der Waals surface area contributed by atoms with E-state index in [4.69, 9.17) is 0 Å². The topological polar surface area (TPSA) is 90.3 Å². The van der Waals surface area contributed by atoms with Crippen molar-refractivity contribution in [2.24, 2.45) is 5.92 Å². The molecular formula is C24H31N3O4S2. The van der Waals surface area contributed by atoms with Crippen LogP contribution in [0.5, 0.6) is 0 Å². The summed E-state index contributed by atoms with van der Waals surface area (Å²) in [6.07, 6.45) is 3.51. The number of nitrogens with one attached hydrogen (secondary N) is 1. The molecular weight excluding hydrogens is 458 g/mol. The van der Waals surface area contributed by atoms with Crippen LogP contribution >= 0.6 is 11.3 Å². The van der Waals surface area contributed by atoms with Crippen molar-refractivity contribution < 1.29 is 17.9 Å². The van der Waals surface area contributed by atoms with Gasteiger partial charge >= 0.3 is 6.09 Å². The highest BCUT2D eigenvalue weighted by Crippen LogP contribution is 2.37. The van der Waals surface area contributed by atoms with Crippen molar-refractivity contribution in [2.75, 3.05) is 7.11 Å². The molecule has 0 aliphatic heterocycles. The third-order valence-corrected chi connectivity index (χ3v) is 7.68. The van der Waals surface area contributed by atoms with Crippen LogP contribution in [0.4, 0.5) is 4.79 Å². The molecule has 178 valence electrons. The van der Waals surface area contributed by atoms with Crippen molar-refractivity contribution in [3.63, 3.8) is 0 Å². The Hall–Kier alpha value is -2.65. The third-order valence-electron chi connectivity index (χ3n) is 5.01. The lowest BCUT2D eigenvalue weighted by Gasteiger charge is -2.20. The maximum absolute atomic E-state index is 12.9. The zero-order chi connectivity index (χ0) is 24.4. The zero-order valence-electron chi connectivity index (χ0n) is 19.9. The van der Waals surface area contributed by atoms with Gasteiger partial charge in [0.05, 0.1) is 12.0 Å². The first kappa shape index (κ1) is 25.0. The normalized spacial score (nSPS) is 12.2. The van der Waals surface area contributed by atoms with Crippen LogP contribution in [0.1, 0.15) is 50.9 Å². The summed E-state index contributed by atoms with van der Waals surface area (Å²) in [4.78, 5) is 17.7. The number of carbonyl (C=O) groups is 1. The van der Waals surface area contributed by atoms with E-state index in [1.54, 1.807) is 6.07 Å². The van der Waals surface area contributed by atoms with E-state index >= 15 is 0 Å². The van der Waals surface area contributed by atoms with E-state index in [1.807, 2.05) is 41.4 Å². The molecule has 0 aliphatic rings. The van der Waals surface area contributed by atoms with Crippen LogP contribution in [0, 0.1) is 5.92 Å². The Balaban J connectivity index is 1.95. The van der Waals surface area contributed by atoms with E-state index in [9.17, 15) is 13.2 Å². The summed E-state index contributed by atoms with van der Waals surface area (Å²) in [7, 11) is -2.93. The molecule has 1 aromatic carbocycles. The minimum absolute atomic E-state index is 0.0663. The van der Waals surface area contributed by atoms with Crippen LogP contribution < -0.4 is 4.72 Å². The van der Waals surface area contributed by atoms with Crippen molar-refractivity contribution in [3.05, 3.63) is 59.0 Å². The van der Waals surface area contributed by atoms with Gasteiger partial charge in [0.1, 0.15) is 10.7 Å². The van der Waals surface area contributed by atoms with Gasteiger partial charge in [0, 0.05) is 29.2 Å². The molecule has 2 heterocycles. The Morgan fingerprint density at radius 3 is 2.45 bits per heavy atom. The molecule has 0 unspecified atom stereocenters. The van der Waals surface area contributed by atoms with E-state index in [0.29, 0.717) is 17.3 Å². The van der Waals surface area contributed by atoms with Crippen molar-refractivity contribution in [2.45, 2.75) is 57.9 Å². The van der Waals surface area contributed by atoms with Gasteiger partial charge in [-0.2, -0.15) is 0 Å². The van der Waals surface area contributed by atoms with Gasteiger partial charge in [-0.25, -0.2) is 22.9 Å². The molecule has 3 rings (SSSR count). The summed E-state index contributed by atoms with van der Waals surface area (Å²) in [6.45, 7) is 11.2. The predicted octanol–water partition coefficient (Wildman–Crippen LogP) is 5.20. The number of nitrogens with zero attached hydrogens (tertiary/aromatic N) is 2. The molecule has 0 spiro atoms. The number of thiophene rings is 1. The Kier molecular flexibility index (Phi) is 7.33. The second kappa shape index (κ2) is 9.69. The number of amides is 1. The van der Waals surface area contributed by atoms with Gasteiger partial charge in [-0.1, -0.05) is 58.9 Å². The number of aromatic nitrogens is 2. The van der Waals surface area contributed by atoms with Crippen molar-refractivity contribution in [3.8, 4) is 10.4 Å². The zero-order valence-corrected chi connectivity index (χ0v) is 21.5. The van der Waals surface area contributed by atoms with Crippen LogP contribution in [0.25, 0.3) is 10.4 Å². The first-order valence-electron chi connectivity index (χ1n) is 10.7. The molecule has 0 atom stereocenters. The third kappa shape index (κ3) is 6.03. The number of methoxy groups -OCH3 is 1. The number of benzene rings is 1. The molecule has 9 heteroatoms. The number of rotatable bonds is 7. The predicted molar refractivity (Wildman–Crippen MR) is 131 cm³/mol. The fourth-order valence-corrected chi connectivity index (χ4v) is 6.44. The van der Waals surface area contributed by atoms with Crippen LogP contribution in [0.15, 0.2) is 47.6 Å². The standard InChI is InChI=1S/C24H31N3O4S2/c1-16(2)13-19-14-20(33(29,30)26-23(28)31-6)21(32-19)18-9-7-17(8-10-18)15-27-12-11-25-22(27)24(3,4)5/h7-12,14,16H,13,15H2,1-6H3,(H,26,28). The van der Waals surface area contributed by atoms with Crippen LogP contribution in [-0.2, 0) is 33.1 Å². The Morgan fingerprint density at radius 1 is 1.21 bits per heavy atom. The first-order chi connectivity index (χ1) is 15.4. The van der Waals surface area contributed by atoms with Crippen LogP contribution in [-0.4, -0.2) is 31.2 Å². The fraction of sp³-hybridized carbons (Fsp3) is 0.417. The van der Waals surface area contributed by atoms with Crippen molar-refractivity contribution in [1.29, 1.82) is 0 Å². The van der Waals surface area contributed by atoms with Gasteiger partial charge in [-0.05, 0) is 29.5 Å². The first-order valence-corrected chi connectivity index (χ1v) is 13.0. The quantitative estimate of drug-likeness (QED) is 0.493. The lowest BCUT2D eigenvalue weighted by atomic mass is 9.95. The van der Waals surface area contributed by atoms with E-state index in [-0.39, 0.29) is 10.3 Å². The summed E-state index contributed by atoms with van der Waals surface area (Å²) in [5.41, 5.74) is 1.80. The Morgan fingerprint density at radius 2 is 1.88 bits per heavy atom. The minimum atomic E-state index is -4.07. The molecule has 0 aliphatic carbocycles. The van der Waals surface area contributed by atoms with Gasteiger partial charge in [-0.3, -0.25) is 0 Å². The monoisotopic (exact) mass is 489 g/mol. The molecule has 0 saturated carbocycles. The molecule has 33 heavy (non-hydrogen) atoms. The van der Waals surface area contributed by atoms with Crippen LogP contribution in [0.2, 0.25) is 0 Å². The number of sulfonamides is 1. The Bertz CT molecular complexity index is 1220. The second-order valence-corrected chi connectivity index (χ2v) is 12.2. The fourth-order valence-electron chi connectivity index (χ4n) is 3.57. The van der Waals surface area contributed by atoms with E-state index < -0.39 is 16.1 Å². The number of imidazole rings is 1. The smallest absolute Gasteiger partial charge is 0.420 e. The van der Waals surface area contributed by atoms with E-state index in [2.05, 4.69) is 48.9 Å². The van der Waals surface area contributed by atoms with E-state index in [1.165, 1.54) is 11.3 Å². The number of hydrogen-bond donors (Lipinski definition) is 1. The molecule has 0 saturated heterocycles. The molecule has 0 bridgehead atoms. The molecule has 2 aromatic heterocycles. The molecule has 1 N–H and O–H groups in total. The highest BCUT2D eigenvalue weighted by atomic mass is 32.2. The highest BCUT2D eigenvalue weighted by molar-refractivity contribution is 7.90. The number of ether oxygens (including phenoxy) is 1. The van der Waals surface area contributed by atoms with Gasteiger partial charge in [0.15, 0.2) is 0 Å².